The van der Waals surface area contributed by atoms with Gasteiger partial charge in [0.15, 0.2) is 0 Å². The first-order chi connectivity index (χ1) is 11.1. The third kappa shape index (κ3) is 5.13. The van der Waals surface area contributed by atoms with Gasteiger partial charge in [-0.3, -0.25) is 0 Å². The Labute approximate surface area is 138 Å². The Balaban J connectivity index is 2.11. The summed E-state index contributed by atoms with van der Waals surface area (Å²) in [7, 11) is 2.07. The van der Waals surface area contributed by atoms with Gasteiger partial charge in [-0.1, -0.05) is 13.3 Å². The molecule has 0 spiro atoms. The highest BCUT2D eigenvalue weighted by Crippen LogP contribution is 2.20. The summed E-state index contributed by atoms with van der Waals surface area (Å²) >= 11 is 0. The summed E-state index contributed by atoms with van der Waals surface area (Å²) in [5.41, 5.74) is 1.90. The van der Waals surface area contributed by atoms with E-state index < -0.39 is 0 Å². The van der Waals surface area contributed by atoms with Crippen LogP contribution in [0.5, 0.6) is 5.75 Å². The summed E-state index contributed by atoms with van der Waals surface area (Å²) in [6.07, 6.45) is 2.33. The van der Waals surface area contributed by atoms with Gasteiger partial charge in [-0.25, -0.2) is 4.98 Å². The Hall–Kier alpha value is -2.30. The van der Waals surface area contributed by atoms with Gasteiger partial charge in [0.1, 0.15) is 11.6 Å². The van der Waals surface area contributed by atoms with Gasteiger partial charge in [0.25, 0.3) is 0 Å². The molecule has 1 aromatic carbocycles. The number of nitrogens with zero attached hydrogens (tertiary/aromatic N) is 3. The number of aromatic nitrogens is 2. The van der Waals surface area contributed by atoms with E-state index in [1.165, 1.54) is 6.42 Å². The third-order valence-corrected chi connectivity index (χ3v) is 3.50. The van der Waals surface area contributed by atoms with E-state index in [1.807, 2.05) is 44.2 Å². The molecule has 0 bridgehead atoms. The normalized spacial score (nSPS) is 10.4. The number of hydrogen-bond donors (Lipinski definition) is 1. The van der Waals surface area contributed by atoms with Crippen LogP contribution in [0.15, 0.2) is 30.3 Å². The van der Waals surface area contributed by atoms with Crippen LogP contribution in [0.4, 0.5) is 17.5 Å². The second-order valence-electron chi connectivity index (χ2n) is 5.55. The Morgan fingerprint density at radius 2 is 1.87 bits per heavy atom. The van der Waals surface area contributed by atoms with E-state index >= 15 is 0 Å². The molecule has 1 heterocycles. The van der Waals surface area contributed by atoms with Crippen molar-refractivity contribution >= 4 is 17.5 Å². The van der Waals surface area contributed by atoms with E-state index in [4.69, 9.17) is 4.74 Å². The van der Waals surface area contributed by atoms with Gasteiger partial charge in [0.2, 0.25) is 5.95 Å². The number of hydrogen-bond acceptors (Lipinski definition) is 5. The van der Waals surface area contributed by atoms with Crippen molar-refractivity contribution in [3.05, 3.63) is 36.0 Å². The predicted octanol–water partition coefficient (Wildman–Crippen LogP) is 4.16. The van der Waals surface area contributed by atoms with Gasteiger partial charge in [-0.2, -0.15) is 4.98 Å². The summed E-state index contributed by atoms with van der Waals surface area (Å²) in [5.74, 6) is 2.43. The summed E-state index contributed by atoms with van der Waals surface area (Å²) in [4.78, 5) is 11.3. The lowest BCUT2D eigenvalue weighted by atomic mass is 10.3. The fourth-order valence-corrected chi connectivity index (χ4v) is 2.24. The molecule has 0 atom stereocenters. The van der Waals surface area contributed by atoms with Crippen molar-refractivity contribution in [3.63, 3.8) is 0 Å². The third-order valence-electron chi connectivity index (χ3n) is 3.50. The number of ether oxygens (including phenoxy) is 1. The molecule has 0 saturated carbocycles. The monoisotopic (exact) mass is 314 g/mol. The van der Waals surface area contributed by atoms with Gasteiger partial charge >= 0.3 is 0 Å². The summed E-state index contributed by atoms with van der Waals surface area (Å²) in [6, 6.07) is 9.83. The molecule has 0 fully saturated rings. The van der Waals surface area contributed by atoms with Crippen LogP contribution in [0.2, 0.25) is 0 Å². The van der Waals surface area contributed by atoms with Crippen molar-refractivity contribution < 1.29 is 4.74 Å². The van der Waals surface area contributed by atoms with Crippen molar-refractivity contribution in [1.29, 1.82) is 0 Å². The fraction of sp³-hybridized carbons (Fsp3) is 0.444. The van der Waals surface area contributed by atoms with Crippen LogP contribution in [0.3, 0.4) is 0 Å². The van der Waals surface area contributed by atoms with Crippen LogP contribution in [0.25, 0.3) is 0 Å². The summed E-state index contributed by atoms with van der Waals surface area (Å²) in [5, 5.41) is 3.26. The molecule has 0 unspecified atom stereocenters. The lowest BCUT2D eigenvalue weighted by molar-refractivity contribution is 0.340. The molecule has 5 heteroatoms. The molecule has 0 aliphatic heterocycles. The predicted molar refractivity (Wildman–Crippen MR) is 95.8 cm³/mol. The van der Waals surface area contributed by atoms with Crippen molar-refractivity contribution in [2.75, 3.05) is 30.4 Å². The number of anilines is 3. The Morgan fingerprint density at radius 3 is 2.52 bits per heavy atom. The van der Waals surface area contributed by atoms with E-state index in [0.717, 1.165) is 35.9 Å². The van der Waals surface area contributed by atoms with Crippen LogP contribution in [-0.2, 0) is 0 Å². The van der Waals surface area contributed by atoms with Gasteiger partial charge in [-0.05, 0) is 44.5 Å². The number of aryl methyl sites for hydroxylation is 1. The highest BCUT2D eigenvalue weighted by atomic mass is 16.5. The highest BCUT2D eigenvalue weighted by molar-refractivity contribution is 5.56. The first-order valence-electron chi connectivity index (χ1n) is 8.19. The average molecular weight is 314 g/mol. The number of nitrogens with one attached hydrogen (secondary N) is 1. The Bertz CT molecular complexity index is 613. The molecule has 0 saturated heterocycles. The zero-order valence-electron chi connectivity index (χ0n) is 14.5. The second-order valence-corrected chi connectivity index (χ2v) is 5.55. The zero-order valence-corrected chi connectivity index (χ0v) is 14.5. The van der Waals surface area contributed by atoms with Gasteiger partial charge < -0.3 is 15.0 Å². The zero-order chi connectivity index (χ0) is 16.7. The van der Waals surface area contributed by atoms with E-state index in [1.54, 1.807) is 0 Å². The second kappa shape index (κ2) is 8.36. The first kappa shape index (κ1) is 17.1. The molecule has 1 aromatic heterocycles. The maximum Gasteiger partial charge on any atom is 0.229 e. The molecule has 5 nitrogen and oxygen atoms in total. The largest absolute Gasteiger partial charge is 0.494 e. The van der Waals surface area contributed by atoms with Gasteiger partial charge in [0, 0.05) is 31.0 Å². The van der Waals surface area contributed by atoms with Gasteiger partial charge in [0.05, 0.1) is 6.61 Å². The minimum atomic E-state index is 0.618. The number of rotatable bonds is 8. The number of unbranched alkanes of at least 4 members (excludes halogenated alkanes) is 1. The lowest BCUT2D eigenvalue weighted by Crippen LogP contribution is -2.20. The summed E-state index contributed by atoms with van der Waals surface area (Å²) < 4.78 is 5.45. The standard InChI is InChI=1S/C18H26N4O/c1-5-7-12-22(4)17-13-14(3)19-18(21-17)20-15-8-10-16(11-9-15)23-6-2/h8-11,13H,5-7,12H2,1-4H3,(H,19,20,21). The summed E-state index contributed by atoms with van der Waals surface area (Å²) in [6.45, 7) is 7.82. The van der Waals surface area contributed by atoms with Crippen molar-refractivity contribution in [2.45, 2.75) is 33.6 Å². The van der Waals surface area contributed by atoms with Crippen molar-refractivity contribution in [1.82, 2.24) is 9.97 Å². The van der Waals surface area contributed by atoms with Crippen LogP contribution in [0.1, 0.15) is 32.4 Å². The van der Waals surface area contributed by atoms with E-state index in [-0.39, 0.29) is 0 Å². The van der Waals surface area contributed by atoms with E-state index in [2.05, 4.69) is 34.2 Å². The molecule has 0 aliphatic rings. The van der Waals surface area contributed by atoms with Crippen molar-refractivity contribution in [2.24, 2.45) is 0 Å². The molecule has 23 heavy (non-hydrogen) atoms. The molecule has 0 radical (unpaired) electrons. The van der Waals surface area contributed by atoms with Crippen LogP contribution < -0.4 is 15.0 Å². The van der Waals surface area contributed by atoms with E-state index in [9.17, 15) is 0 Å². The molecular weight excluding hydrogens is 288 g/mol. The maximum atomic E-state index is 5.45. The molecule has 0 aliphatic carbocycles. The van der Waals surface area contributed by atoms with Crippen LogP contribution >= 0.6 is 0 Å². The molecule has 1 N–H and O–H groups in total. The van der Waals surface area contributed by atoms with Crippen LogP contribution in [-0.4, -0.2) is 30.2 Å². The molecule has 0 amide bonds. The minimum Gasteiger partial charge on any atom is -0.494 e. The lowest BCUT2D eigenvalue weighted by Gasteiger charge is -2.19. The highest BCUT2D eigenvalue weighted by Gasteiger charge is 2.07. The van der Waals surface area contributed by atoms with Crippen LogP contribution in [0, 0.1) is 6.92 Å². The molecule has 2 aromatic rings. The molecule has 124 valence electrons. The Morgan fingerprint density at radius 1 is 1.13 bits per heavy atom. The quantitative estimate of drug-likeness (QED) is 0.792. The fourth-order valence-electron chi connectivity index (χ4n) is 2.24. The Kier molecular flexibility index (Phi) is 6.20. The maximum absolute atomic E-state index is 5.45. The average Bonchev–Trinajstić information content (AvgIpc) is 2.54. The molecular formula is C18H26N4O. The SMILES string of the molecule is CCCCN(C)c1cc(C)nc(Nc2ccc(OCC)cc2)n1. The van der Waals surface area contributed by atoms with Gasteiger partial charge in [-0.15, -0.1) is 0 Å². The molecule has 2 rings (SSSR count). The first-order valence-corrected chi connectivity index (χ1v) is 8.19. The topological polar surface area (TPSA) is 50.3 Å². The number of benzene rings is 1. The van der Waals surface area contributed by atoms with E-state index in [0.29, 0.717) is 12.6 Å². The smallest absolute Gasteiger partial charge is 0.229 e. The van der Waals surface area contributed by atoms with Crippen molar-refractivity contribution in [3.8, 4) is 5.75 Å². The minimum absolute atomic E-state index is 0.618.